The van der Waals surface area contributed by atoms with Crippen molar-refractivity contribution in [3.8, 4) is 44.8 Å². The third kappa shape index (κ3) is 14.3. The third-order valence-electron chi connectivity index (χ3n) is 13.9. The van der Waals surface area contributed by atoms with Crippen molar-refractivity contribution in [1.29, 1.82) is 0 Å². The maximum atomic E-state index is 13.0. The fourth-order valence-electron chi connectivity index (χ4n) is 9.66. The number of imidazole rings is 2. The highest BCUT2D eigenvalue weighted by atomic mass is 35.5. The fourth-order valence-corrected chi connectivity index (χ4v) is 9.66. The summed E-state index contributed by atoms with van der Waals surface area (Å²) in [5.74, 6) is 11.8. The standard InChI is InChI=1S/C31H28N8O3.C28H26N8O2.C3H3ClO/c1-3-26(40)38-17-5-4-6-24(38)30-37-27(28(29(32)41)39(30)33)20-7-9-21(10-8-20)31(42)36-25-18-22(15-16-35-25)19-11-13-23(34-2)14-12-19;1-31-21-11-9-17(10-12-21)20-13-15-33-23(16-20)34-28(38)19-7-5-18(6-8-19)24-25(26(29)37)36(30)27(35-24)22-4-2-3-14-32-22;1-2-3(4)5/h3,7-16,18,24H,1,4-6,17,33H2,(H2,32,41)(H,35,36,42);5-13,15-16,22,32H,2-4,14,30H2,(H2,29,37)(H,33,34,38);2H,1H2/t24-;22-;/m00./s1. The van der Waals surface area contributed by atoms with E-state index >= 15 is 0 Å². The fraction of sp³-hybridized carbons (Fsp3) is 0.161. The molecule has 0 aliphatic carbocycles. The second-order valence-corrected chi connectivity index (χ2v) is 19.7. The highest BCUT2D eigenvalue weighted by Gasteiger charge is 2.34. The van der Waals surface area contributed by atoms with Gasteiger partial charge in [-0.2, -0.15) is 0 Å². The first-order valence-electron chi connectivity index (χ1n) is 26.6. The molecular formula is C62H57ClN16O6. The van der Waals surface area contributed by atoms with Crippen LogP contribution in [0.4, 0.5) is 23.0 Å². The van der Waals surface area contributed by atoms with E-state index in [4.69, 9.17) is 47.9 Å². The predicted molar refractivity (Wildman–Crippen MR) is 325 cm³/mol. The minimum atomic E-state index is -0.764. The molecule has 2 aliphatic heterocycles. The lowest BCUT2D eigenvalue weighted by Gasteiger charge is -2.34. The Hall–Kier alpha value is -11.1. The van der Waals surface area contributed by atoms with Crippen molar-refractivity contribution in [2.75, 3.05) is 35.4 Å². The molecule has 0 bridgehead atoms. The summed E-state index contributed by atoms with van der Waals surface area (Å²) in [5, 5.41) is 8.49. The molecule has 428 valence electrons. The average molecular weight is 1160 g/mol. The van der Waals surface area contributed by atoms with Crippen molar-refractivity contribution in [2.24, 2.45) is 11.5 Å². The Morgan fingerprint density at radius 2 is 1.02 bits per heavy atom. The number of rotatable bonds is 14. The van der Waals surface area contributed by atoms with Crippen molar-refractivity contribution in [2.45, 2.75) is 50.6 Å². The number of hydrogen-bond donors (Lipinski definition) is 7. The summed E-state index contributed by atoms with van der Waals surface area (Å²) < 4.78 is 2.43. The molecule has 85 heavy (non-hydrogen) atoms. The largest absolute Gasteiger partial charge is 0.364 e. The molecule has 4 aromatic carbocycles. The van der Waals surface area contributed by atoms with Crippen molar-refractivity contribution < 1.29 is 28.8 Å². The van der Waals surface area contributed by atoms with Gasteiger partial charge in [-0.3, -0.25) is 28.8 Å². The Morgan fingerprint density at radius 1 is 0.588 bits per heavy atom. The minimum Gasteiger partial charge on any atom is -0.364 e. The Balaban J connectivity index is 0.000000206. The Labute approximate surface area is 493 Å². The van der Waals surface area contributed by atoms with Gasteiger partial charge in [0.25, 0.3) is 23.6 Å². The van der Waals surface area contributed by atoms with E-state index < -0.39 is 23.1 Å². The van der Waals surface area contributed by atoms with Gasteiger partial charge in [0.1, 0.15) is 28.8 Å². The van der Waals surface area contributed by atoms with Crippen LogP contribution < -0.4 is 39.1 Å². The van der Waals surface area contributed by atoms with Crippen LogP contribution in [0.1, 0.15) is 104 Å². The molecule has 6 heterocycles. The topological polar surface area (TPSA) is 316 Å². The van der Waals surface area contributed by atoms with Gasteiger partial charge in [0, 0.05) is 41.2 Å². The molecule has 2 saturated heterocycles. The Kier molecular flexibility index (Phi) is 19.5. The maximum absolute atomic E-state index is 13.0. The number of allylic oxidation sites excluding steroid dienone is 1. The number of carbonyl (C=O) groups is 6. The number of nitrogens with one attached hydrogen (secondary N) is 3. The summed E-state index contributed by atoms with van der Waals surface area (Å²) in [6, 6.07) is 34.3. The van der Waals surface area contributed by atoms with Gasteiger partial charge >= 0.3 is 0 Å². The van der Waals surface area contributed by atoms with E-state index in [0.717, 1.165) is 71.7 Å². The zero-order valence-electron chi connectivity index (χ0n) is 45.7. The molecule has 8 aromatic rings. The molecule has 11 N–H and O–H groups in total. The molecule has 0 radical (unpaired) electrons. The van der Waals surface area contributed by atoms with Crippen molar-refractivity contribution in [3.63, 3.8) is 0 Å². The maximum Gasteiger partial charge on any atom is 0.269 e. The molecule has 2 aliphatic rings. The van der Waals surface area contributed by atoms with Crippen LogP contribution in [0.5, 0.6) is 0 Å². The molecule has 0 saturated carbocycles. The highest BCUT2D eigenvalue weighted by Crippen LogP contribution is 2.35. The van der Waals surface area contributed by atoms with Crippen molar-refractivity contribution in [1.82, 2.24) is 39.5 Å². The molecule has 4 aromatic heterocycles. The van der Waals surface area contributed by atoms with E-state index in [2.05, 4.69) is 58.7 Å². The third-order valence-corrected chi connectivity index (χ3v) is 14.0. The first kappa shape index (κ1) is 60.0. The Bertz CT molecular complexity index is 3910. The summed E-state index contributed by atoms with van der Waals surface area (Å²) >= 11 is 4.71. The van der Waals surface area contributed by atoms with Crippen molar-refractivity contribution >= 4 is 69.4 Å². The lowest BCUT2D eigenvalue weighted by Crippen LogP contribution is -2.39. The van der Waals surface area contributed by atoms with Gasteiger partial charge in [-0.05, 0) is 133 Å². The van der Waals surface area contributed by atoms with E-state index in [1.165, 1.54) is 10.8 Å². The van der Waals surface area contributed by atoms with Crippen LogP contribution in [0.3, 0.4) is 0 Å². The zero-order valence-corrected chi connectivity index (χ0v) is 46.5. The number of likely N-dealkylation sites (tertiary alicyclic amines) is 1. The molecule has 0 unspecified atom stereocenters. The van der Waals surface area contributed by atoms with Crippen LogP contribution in [0.2, 0.25) is 0 Å². The second-order valence-electron chi connectivity index (χ2n) is 19.3. The summed E-state index contributed by atoms with van der Waals surface area (Å²) in [5.41, 5.74) is 18.6. The van der Waals surface area contributed by atoms with E-state index in [0.29, 0.717) is 75.6 Å². The average Bonchev–Trinajstić information content (AvgIpc) is 2.48. The van der Waals surface area contributed by atoms with E-state index in [9.17, 15) is 28.8 Å². The van der Waals surface area contributed by atoms with Gasteiger partial charge in [-0.1, -0.05) is 92.4 Å². The van der Waals surface area contributed by atoms with Crippen LogP contribution in [0.25, 0.3) is 54.5 Å². The van der Waals surface area contributed by atoms with Crippen LogP contribution >= 0.6 is 11.6 Å². The normalized spacial score (nSPS) is 14.3. The molecule has 23 heteroatoms. The highest BCUT2D eigenvalue weighted by molar-refractivity contribution is 6.66. The monoisotopic (exact) mass is 1160 g/mol. The lowest BCUT2D eigenvalue weighted by molar-refractivity contribution is -0.130. The van der Waals surface area contributed by atoms with E-state index in [1.54, 1.807) is 102 Å². The summed E-state index contributed by atoms with van der Waals surface area (Å²) in [6.07, 6.45) is 10.8. The van der Waals surface area contributed by atoms with Gasteiger partial charge in [0.2, 0.25) is 11.1 Å². The molecular weight excluding hydrogens is 1100 g/mol. The minimum absolute atomic E-state index is 0.00391. The lowest BCUT2D eigenvalue weighted by atomic mass is 10.0. The van der Waals surface area contributed by atoms with Crippen LogP contribution in [0.15, 0.2) is 159 Å². The van der Waals surface area contributed by atoms with Crippen molar-refractivity contribution in [3.05, 3.63) is 216 Å². The first-order chi connectivity index (χ1) is 41.0. The number of aromatic nitrogens is 6. The van der Waals surface area contributed by atoms with E-state index in [-0.39, 0.29) is 40.8 Å². The first-order valence-corrected chi connectivity index (χ1v) is 26.9. The number of nitrogens with two attached hydrogens (primary N) is 4. The molecule has 10 rings (SSSR count). The molecule has 5 amide bonds. The summed E-state index contributed by atoms with van der Waals surface area (Å²) in [4.78, 5) is 98.8. The zero-order chi connectivity index (χ0) is 60.7. The van der Waals surface area contributed by atoms with Crippen LogP contribution in [-0.2, 0) is 9.59 Å². The molecule has 2 atom stereocenters. The molecule has 0 spiro atoms. The van der Waals surface area contributed by atoms with Gasteiger partial charge < -0.3 is 44.0 Å². The number of pyridine rings is 2. The SMILES string of the molecule is C=CC(=O)Cl.[C-]#[N+]c1ccc(-c2ccnc(NC(=O)c3ccc(-c4nc([C@@H]5CCCCN5)n(N)c4C(N)=O)cc3)c2)cc1.[C-]#[N+]c1ccc(-c2ccnc(NC(=O)c3ccc(-c4nc([C@@H]5CCCCN5C(=O)C=C)n(N)c4C(N)=O)cc3)c2)cc1. The number of benzene rings is 4. The number of amides is 5. The van der Waals surface area contributed by atoms with Gasteiger partial charge in [-0.15, -0.1) is 0 Å². The van der Waals surface area contributed by atoms with E-state index in [1.807, 2.05) is 36.4 Å². The number of carbonyl (C=O) groups excluding carboxylic acids is 6. The Morgan fingerprint density at radius 3 is 1.44 bits per heavy atom. The summed E-state index contributed by atoms with van der Waals surface area (Å²) in [7, 11) is 0. The van der Waals surface area contributed by atoms with Crippen LogP contribution in [-0.4, -0.2) is 82.1 Å². The van der Waals surface area contributed by atoms with Gasteiger partial charge in [-0.25, -0.2) is 39.0 Å². The van der Waals surface area contributed by atoms with Gasteiger partial charge in [0.15, 0.2) is 28.6 Å². The van der Waals surface area contributed by atoms with Gasteiger partial charge in [0.05, 0.1) is 25.2 Å². The number of primary amides is 2. The quantitative estimate of drug-likeness (QED) is 0.0231. The number of nitrogens with zero attached hydrogens (tertiary/aromatic N) is 9. The predicted octanol–water partition coefficient (Wildman–Crippen LogP) is 9.45. The molecule has 22 nitrogen and oxygen atoms in total. The second kappa shape index (κ2) is 27.6. The number of anilines is 2. The number of halogens is 1. The number of hydrogen-bond acceptors (Lipinski definition) is 13. The smallest absolute Gasteiger partial charge is 0.269 e. The number of nitrogen functional groups attached to an aromatic ring is 2. The molecule has 2 fully saturated rings. The number of piperidine rings is 2. The van der Waals surface area contributed by atoms with Crippen LogP contribution in [0, 0.1) is 13.1 Å². The summed E-state index contributed by atoms with van der Waals surface area (Å²) in [6.45, 7) is 22.2.